The Labute approximate surface area is 123 Å². The quantitative estimate of drug-likeness (QED) is 0.394. The average molecular weight is 318 g/mol. The molecule has 1 aliphatic rings. The van der Waals surface area contributed by atoms with Gasteiger partial charge in [0.05, 0.1) is 25.7 Å². The van der Waals surface area contributed by atoms with E-state index in [4.69, 9.17) is 46.4 Å². The Morgan fingerprint density at radius 1 is 0.667 bits per heavy atom. The van der Waals surface area contributed by atoms with Crippen molar-refractivity contribution in [2.45, 2.75) is 0 Å². The van der Waals surface area contributed by atoms with Gasteiger partial charge < -0.3 is 0 Å². The topological polar surface area (TPSA) is 17.1 Å². The van der Waals surface area contributed by atoms with Crippen molar-refractivity contribution in [1.29, 1.82) is 0 Å². The number of carbonyl (C=O) groups is 1. The lowest BCUT2D eigenvalue weighted by Gasteiger charge is -2.09. The second-order valence-corrected chi connectivity index (χ2v) is 5.39. The minimum absolute atomic E-state index is 0.114. The summed E-state index contributed by atoms with van der Waals surface area (Å²) in [7, 11) is 0. The van der Waals surface area contributed by atoms with Crippen LogP contribution in [0.25, 0.3) is 11.1 Å². The molecule has 5 heteroatoms. The second kappa shape index (κ2) is 4.14. The number of fused-ring (bicyclic) bond motifs is 3. The van der Waals surface area contributed by atoms with E-state index in [0.29, 0.717) is 16.7 Å². The Kier molecular flexibility index (Phi) is 2.83. The molecule has 0 unspecified atom stereocenters. The molecule has 2 aromatic carbocycles. The Balaban J connectivity index is 2.51. The third kappa shape index (κ3) is 1.45. The van der Waals surface area contributed by atoms with Gasteiger partial charge in [-0.2, -0.15) is 0 Å². The SMILES string of the molecule is O=C1c2ccccc2-c2c(Cl)c(Cl)c(Cl)c(Cl)c21. The maximum atomic E-state index is 12.3. The highest BCUT2D eigenvalue weighted by Gasteiger charge is 2.33. The zero-order chi connectivity index (χ0) is 13.0. The molecule has 0 atom stereocenters. The van der Waals surface area contributed by atoms with E-state index in [2.05, 4.69) is 0 Å². The highest BCUT2D eigenvalue weighted by atomic mass is 35.5. The molecular weight excluding hydrogens is 314 g/mol. The maximum absolute atomic E-state index is 12.3. The molecule has 0 heterocycles. The number of ketones is 1. The predicted octanol–water partition coefficient (Wildman–Crippen LogP) is 5.51. The summed E-state index contributed by atoms with van der Waals surface area (Å²) in [6.07, 6.45) is 0. The zero-order valence-corrected chi connectivity index (χ0v) is 11.8. The van der Waals surface area contributed by atoms with Crippen molar-refractivity contribution in [1.82, 2.24) is 0 Å². The van der Waals surface area contributed by atoms with Gasteiger partial charge >= 0.3 is 0 Å². The van der Waals surface area contributed by atoms with Gasteiger partial charge in [0.2, 0.25) is 0 Å². The van der Waals surface area contributed by atoms with Gasteiger partial charge in [0.1, 0.15) is 0 Å². The van der Waals surface area contributed by atoms with Gasteiger partial charge in [-0.3, -0.25) is 4.79 Å². The number of halogens is 4. The fraction of sp³-hybridized carbons (Fsp3) is 0. The normalized spacial score (nSPS) is 12.6. The molecule has 0 spiro atoms. The van der Waals surface area contributed by atoms with Crippen molar-refractivity contribution < 1.29 is 4.79 Å². The molecule has 0 saturated heterocycles. The monoisotopic (exact) mass is 316 g/mol. The lowest BCUT2D eigenvalue weighted by atomic mass is 10.1. The van der Waals surface area contributed by atoms with Crippen LogP contribution in [0.2, 0.25) is 20.1 Å². The van der Waals surface area contributed by atoms with Gasteiger partial charge in [-0.05, 0) is 5.56 Å². The molecule has 2 aromatic rings. The number of hydrogen-bond acceptors (Lipinski definition) is 1. The van der Waals surface area contributed by atoms with Crippen molar-refractivity contribution in [2.24, 2.45) is 0 Å². The van der Waals surface area contributed by atoms with Crippen LogP contribution in [-0.2, 0) is 0 Å². The van der Waals surface area contributed by atoms with Crippen molar-refractivity contribution in [3.63, 3.8) is 0 Å². The Morgan fingerprint density at radius 3 is 1.78 bits per heavy atom. The van der Waals surface area contributed by atoms with Gasteiger partial charge in [0, 0.05) is 11.1 Å². The molecule has 0 aromatic heterocycles. The maximum Gasteiger partial charge on any atom is 0.195 e. The molecule has 0 fully saturated rings. The smallest absolute Gasteiger partial charge is 0.195 e. The van der Waals surface area contributed by atoms with Gasteiger partial charge in [0.25, 0.3) is 0 Å². The van der Waals surface area contributed by atoms with Crippen LogP contribution in [0.3, 0.4) is 0 Å². The Hall–Kier alpha value is -0.730. The summed E-state index contributed by atoms with van der Waals surface area (Å²) < 4.78 is 0. The van der Waals surface area contributed by atoms with Crippen LogP contribution >= 0.6 is 46.4 Å². The summed E-state index contributed by atoms with van der Waals surface area (Å²) in [5.41, 5.74) is 2.20. The lowest BCUT2D eigenvalue weighted by molar-refractivity contribution is 0.104. The van der Waals surface area contributed by atoms with Crippen molar-refractivity contribution >= 4 is 52.2 Å². The van der Waals surface area contributed by atoms with E-state index >= 15 is 0 Å². The van der Waals surface area contributed by atoms with Gasteiger partial charge in [0.15, 0.2) is 5.78 Å². The van der Waals surface area contributed by atoms with Crippen LogP contribution in [0.5, 0.6) is 0 Å². The van der Waals surface area contributed by atoms with Crippen molar-refractivity contribution in [3.05, 3.63) is 55.5 Å². The van der Waals surface area contributed by atoms with Crippen LogP contribution in [0, 0.1) is 0 Å². The first-order valence-electron chi connectivity index (χ1n) is 5.04. The molecular formula is C13H4Cl4O. The first-order valence-corrected chi connectivity index (χ1v) is 6.55. The van der Waals surface area contributed by atoms with E-state index in [0.717, 1.165) is 5.56 Å². The summed E-state index contributed by atoms with van der Waals surface area (Å²) in [4.78, 5) is 12.3. The summed E-state index contributed by atoms with van der Waals surface area (Å²) in [6.45, 7) is 0. The zero-order valence-electron chi connectivity index (χ0n) is 8.73. The summed E-state index contributed by atoms with van der Waals surface area (Å²) in [5, 5.41) is 0.705. The highest BCUT2D eigenvalue weighted by Crippen LogP contribution is 2.50. The predicted molar refractivity (Wildman–Crippen MR) is 75.4 cm³/mol. The third-order valence-corrected chi connectivity index (χ3v) is 4.74. The van der Waals surface area contributed by atoms with Crippen LogP contribution in [0.4, 0.5) is 0 Å². The average Bonchev–Trinajstić information content (AvgIpc) is 2.68. The van der Waals surface area contributed by atoms with E-state index in [9.17, 15) is 4.79 Å². The molecule has 1 nitrogen and oxygen atoms in total. The Morgan fingerprint density at radius 2 is 1.17 bits per heavy atom. The molecule has 0 saturated carbocycles. The standard InChI is InChI=1S/C13H4Cl4O/c14-9-7-5-3-1-2-4-6(5)13(18)8(7)10(15)12(17)11(9)16/h1-4H. The molecule has 0 aliphatic heterocycles. The van der Waals surface area contributed by atoms with Crippen LogP contribution in [0.15, 0.2) is 24.3 Å². The molecule has 18 heavy (non-hydrogen) atoms. The van der Waals surface area contributed by atoms with E-state index in [1.807, 2.05) is 12.1 Å². The van der Waals surface area contributed by atoms with Crippen LogP contribution in [-0.4, -0.2) is 5.78 Å². The van der Waals surface area contributed by atoms with Crippen molar-refractivity contribution in [3.8, 4) is 11.1 Å². The molecule has 3 rings (SSSR count). The van der Waals surface area contributed by atoms with E-state index in [-0.39, 0.29) is 25.9 Å². The molecule has 1 aliphatic carbocycles. The molecule has 0 N–H and O–H groups in total. The van der Waals surface area contributed by atoms with Gasteiger partial charge in [-0.15, -0.1) is 0 Å². The van der Waals surface area contributed by atoms with Crippen LogP contribution in [0.1, 0.15) is 15.9 Å². The molecule has 0 bridgehead atoms. The first kappa shape index (κ1) is 12.3. The summed E-state index contributed by atoms with van der Waals surface area (Å²) in [5.74, 6) is -0.175. The number of carbonyl (C=O) groups excluding carboxylic acids is 1. The fourth-order valence-corrected chi connectivity index (χ4v) is 3.17. The number of rotatable bonds is 0. The second-order valence-electron chi connectivity index (χ2n) is 3.88. The summed E-state index contributed by atoms with van der Waals surface area (Å²) >= 11 is 24.3. The van der Waals surface area contributed by atoms with Gasteiger partial charge in [-0.1, -0.05) is 70.7 Å². The van der Waals surface area contributed by atoms with E-state index in [1.165, 1.54) is 0 Å². The fourth-order valence-electron chi connectivity index (χ4n) is 2.13. The van der Waals surface area contributed by atoms with Gasteiger partial charge in [-0.25, -0.2) is 0 Å². The first-order chi connectivity index (χ1) is 8.54. The largest absolute Gasteiger partial charge is 0.289 e. The number of hydrogen-bond donors (Lipinski definition) is 0. The minimum atomic E-state index is -0.175. The Bertz CT molecular complexity index is 707. The highest BCUT2D eigenvalue weighted by molar-refractivity contribution is 6.55. The third-order valence-electron chi connectivity index (χ3n) is 2.94. The van der Waals surface area contributed by atoms with E-state index in [1.54, 1.807) is 12.1 Å². The number of benzene rings is 2. The van der Waals surface area contributed by atoms with Crippen molar-refractivity contribution in [2.75, 3.05) is 0 Å². The molecule has 0 radical (unpaired) electrons. The molecule has 90 valence electrons. The minimum Gasteiger partial charge on any atom is -0.289 e. The summed E-state index contributed by atoms with van der Waals surface area (Å²) in [6, 6.07) is 7.15. The van der Waals surface area contributed by atoms with Crippen LogP contribution < -0.4 is 0 Å². The van der Waals surface area contributed by atoms with E-state index < -0.39 is 0 Å². The lowest BCUT2D eigenvalue weighted by Crippen LogP contribution is -1.97. The molecule has 0 amide bonds.